The minimum absolute atomic E-state index is 0.179. The van der Waals surface area contributed by atoms with E-state index in [1.165, 1.54) is 0 Å². The van der Waals surface area contributed by atoms with Crippen LogP contribution >= 0.6 is 0 Å². The number of hydrogen-bond donors (Lipinski definition) is 4. The van der Waals surface area contributed by atoms with Gasteiger partial charge in [0.25, 0.3) is 0 Å². The van der Waals surface area contributed by atoms with E-state index in [2.05, 4.69) is 0 Å². The summed E-state index contributed by atoms with van der Waals surface area (Å²) in [6.07, 6.45) is -3.40. The van der Waals surface area contributed by atoms with Crippen LogP contribution in [-0.4, -0.2) is 75.8 Å². The van der Waals surface area contributed by atoms with Crippen molar-refractivity contribution in [1.82, 2.24) is 4.90 Å². The highest BCUT2D eigenvalue weighted by Gasteiger charge is 2.41. The quantitative estimate of drug-likeness (QED) is 0.579. The number of rotatable bonds is 4. The second kappa shape index (κ2) is 7.28. The number of hydrogen-bond acceptors (Lipinski definition) is 5. The van der Waals surface area contributed by atoms with Crippen molar-refractivity contribution in [3.63, 3.8) is 0 Å². The highest BCUT2D eigenvalue weighted by molar-refractivity contribution is 4.95. The summed E-state index contributed by atoms with van der Waals surface area (Å²) in [5.74, 6) is -0.294. The van der Waals surface area contributed by atoms with E-state index in [4.69, 9.17) is 0 Å². The number of aliphatic hydroxyl groups is 4. The maximum absolute atomic E-state index is 12.6. The predicted molar refractivity (Wildman–Crippen MR) is 71.9 cm³/mol. The molecule has 7 heteroatoms. The van der Waals surface area contributed by atoms with Gasteiger partial charge in [-0.1, -0.05) is 0 Å². The number of likely N-dealkylation sites (tertiary alicyclic amines) is 1. The Balaban J connectivity index is 1.89. The Kier molecular flexibility index (Phi) is 5.90. The number of halogens is 2. The van der Waals surface area contributed by atoms with Crippen LogP contribution in [0.15, 0.2) is 0 Å². The molecule has 2 rings (SSSR count). The van der Waals surface area contributed by atoms with Crippen LogP contribution in [-0.2, 0) is 0 Å². The Hall–Kier alpha value is -0.340. The lowest BCUT2D eigenvalue weighted by atomic mass is 9.81. The van der Waals surface area contributed by atoms with Crippen LogP contribution in [0.5, 0.6) is 0 Å². The standard InChI is InChI=1S/C14H25F2NO4/c15-14(16)9-3-1-8(2-4-9)5-17-6-11(19)13(21)12(20)10(17)7-18/h8-14,18-21H,1-7H2/t8-,9+,10-,11-,12+,13+/m0/s1. The molecule has 1 saturated carbocycles. The summed E-state index contributed by atoms with van der Waals surface area (Å²) >= 11 is 0. The summed E-state index contributed by atoms with van der Waals surface area (Å²) in [6, 6.07) is -0.615. The van der Waals surface area contributed by atoms with Crippen molar-refractivity contribution in [2.75, 3.05) is 19.7 Å². The molecule has 2 fully saturated rings. The Morgan fingerprint density at radius 2 is 1.62 bits per heavy atom. The van der Waals surface area contributed by atoms with E-state index in [1.807, 2.05) is 0 Å². The zero-order chi connectivity index (χ0) is 15.6. The van der Waals surface area contributed by atoms with Gasteiger partial charge in [-0.3, -0.25) is 4.90 Å². The number of piperidine rings is 1. The monoisotopic (exact) mass is 309 g/mol. The molecule has 0 aromatic heterocycles. The number of nitrogens with zero attached hydrogens (tertiary/aromatic N) is 1. The lowest BCUT2D eigenvalue weighted by Gasteiger charge is -2.45. The molecular formula is C14H25F2NO4. The molecule has 124 valence electrons. The fourth-order valence-corrected chi connectivity index (χ4v) is 3.54. The van der Waals surface area contributed by atoms with Crippen molar-refractivity contribution >= 4 is 0 Å². The molecule has 0 aromatic carbocycles. The molecule has 1 heterocycles. The van der Waals surface area contributed by atoms with E-state index in [1.54, 1.807) is 4.90 Å². The largest absolute Gasteiger partial charge is 0.395 e. The molecule has 0 spiro atoms. The summed E-state index contributed by atoms with van der Waals surface area (Å²) < 4.78 is 25.3. The maximum atomic E-state index is 12.6. The van der Waals surface area contributed by atoms with Crippen LogP contribution in [0.4, 0.5) is 8.78 Å². The van der Waals surface area contributed by atoms with Gasteiger partial charge < -0.3 is 20.4 Å². The van der Waals surface area contributed by atoms with Crippen LogP contribution in [0.1, 0.15) is 25.7 Å². The maximum Gasteiger partial charge on any atom is 0.241 e. The number of β-amino-alcohol motifs (C(OH)–C–C–N with tert-alkyl or cyclic N) is 1. The normalized spacial score (nSPS) is 42.4. The van der Waals surface area contributed by atoms with Crippen molar-refractivity contribution in [3.8, 4) is 0 Å². The number of alkyl halides is 2. The zero-order valence-corrected chi connectivity index (χ0v) is 12.0. The fourth-order valence-electron chi connectivity index (χ4n) is 3.54. The van der Waals surface area contributed by atoms with Gasteiger partial charge in [0.15, 0.2) is 0 Å². The van der Waals surface area contributed by atoms with Crippen LogP contribution in [0, 0.1) is 11.8 Å². The van der Waals surface area contributed by atoms with Crippen molar-refractivity contribution in [2.24, 2.45) is 11.8 Å². The van der Waals surface area contributed by atoms with Gasteiger partial charge in [-0.15, -0.1) is 0 Å². The second-order valence-corrected chi connectivity index (χ2v) is 6.37. The zero-order valence-electron chi connectivity index (χ0n) is 12.0. The summed E-state index contributed by atoms with van der Waals surface area (Å²) in [5, 5.41) is 38.7. The summed E-state index contributed by atoms with van der Waals surface area (Å²) in [7, 11) is 0. The molecule has 1 aliphatic heterocycles. The van der Waals surface area contributed by atoms with Crippen molar-refractivity contribution in [1.29, 1.82) is 0 Å². The fraction of sp³-hybridized carbons (Fsp3) is 1.00. The lowest BCUT2D eigenvalue weighted by Crippen LogP contribution is -2.63. The molecule has 4 atom stereocenters. The van der Waals surface area contributed by atoms with Gasteiger partial charge in [-0.05, 0) is 31.6 Å². The van der Waals surface area contributed by atoms with Gasteiger partial charge in [0.05, 0.1) is 18.8 Å². The van der Waals surface area contributed by atoms with E-state index >= 15 is 0 Å². The van der Waals surface area contributed by atoms with Gasteiger partial charge in [0.2, 0.25) is 6.43 Å². The van der Waals surface area contributed by atoms with Crippen molar-refractivity contribution in [3.05, 3.63) is 0 Å². The number of aliphatic hydroxyl groups excluding tert-OH is 4. The van der Waals surface area contributed by atoms with Gasteiger partial charge in [0.1, 0.15) is 12.2 Å². The van der Waals surface area contributed by atoms with Gasteiger partial charge in [-0.2, -0.15) is 0 Å². The Bertz CT molecular complexity index is 326. The Labute approximate surface area is 123 Å². The molecule has 1 saturated heterocycles. The summed E-state index contributed by atoms with van der Waals surface area (Å²) in [5.41, 5.74) is 0. The molecule has 5 nitrogen and oxygen atoms in total. The topological polar surface area (TPSA) is 84.2 Å². The molecule has 0 unspecified atom stereocenters. The van der Waals surface area contributed by atoms with E-state index in [0.717, 1.165) is 0 Å². The first-order chi connectivity index (χ1) is 9.93. The first-order valence-corrected chi connectivity index (χ1v) is 7.61. The van der Waals surface area contributed by atoms with E-state index < -0.39 is 36.7 Å². The van der Waals surface area contributed by atoms with Gasteiger partial charge in [-0.25, -0.2) is 8.78 Å². The van der Waals surface area contributed by atoms with Gasteiger partial charge >= 0.3 is 0 Å². The third-order valence-corrected chi connectivity index (χ3v) is 4.96. The average Bonchev–Trinajstić information content (AvgIpc) is 2.46. The molecular weight excluding hydrogens is 284 g/mol. The first-order valence-electron chi connectivity index (χ1n) is 7.61. The molecule has 1 aliphatic carbocycles. The van der Waals surface area contributed by atoms with Crippen LogP contribution < -0.4 is 0 Å². The molecule has 0 amide bonds. The second-order valence-electron chi connectivity index (χ2n) is 6.37. The Morgan fingerprint density at radius 3 is 2.14 bits per heavy atom. The molecule has 0 aromatic rings. The minimum Gasteiger partial charge on any atom is -0.395 e. The SMILES string of the molecule is OC[C@H]1[C@@H](O)[C@H](O)[C@@H](O)CN1C[C@H]1CC[C@@H](C(F)F)CC1. The van der Waals surface area contributed by atoms with E-state index in [-0.39, 0.29) is 19.1 Å². The van der Waals surface area contributed by atoms with E-state index in [0.29, 0.717) is 32.2 Å². The molecule has 4 N–H and O–H groups in total. The van der Waals surface area contributed by atoms with E-state index in [9.17, 15) is 29.2 Å². The van der Waals surface area contributed by atoms with Crippen LogP contribution in [0.25, 0.3) is 0 Å². The average molecular weight is 309 g/mol. The summed E-state index contributed by atoms with van der Waals surface area (Å²) in [4.78, 5) is 1.77. The molecule has 0 radical (unpaired) electrons. The third kappa shape index (κ3) is 3.90. The molecule has 2 aliphatic rings. The predicted octanol–water partition coefficient (Wildman–Crippen LogP) is -0.183. The van der Waals surface area contributed by atoms with Crippen molar-refractivity contribution < 1.29 is 29.2 Å². The molecule has 0 bridgehead atoms. The first kappa shape index (κ1) is 17.0. The lowest BCUT2D eigenvalue weighted by molar-refractivity contribution is -0.148. The third-order valence-electron chi connectivity index (χ3n) is 4.96. The highest BCUT2D eigenvalue weighted by atomic mass is 19.3. The Morgan fingerprint density at radius 1 is 1.00 bits per heavy atom. The van der Waals surface area contributed by atoms with Crippen LogP contribution in [0.3, 0.4) is 0 Å². The minimum atomic E-state index is -2.26. The summed E-state index contributed by atoms with van der Waals surface area (Å²) in [6.45, 7) is 0.414. The van der Waals surface area contributed by atoms with Crippen LogP contribution in [0.2, 0.25) is 0 Å². The smallest absolute Gasteiger partial charge is 0.241 e. The highest BCUT2D eigenvalue weighted by Crippen LogP contribution is 2.34. The molecule has 21 heavy (non-hydrogen) atoms. The van der Waals surface area contributed by atoms with Gasteiger partial charge in [0, 0.05) is 19.0 Å². The van der Waals surface area contributed by atoms with Crippen molar-refractivity contribution in [2.45, 2.75) is 56.5 Å².